The van der Waals surface area contributed by atoms with E-state index in [4.69, 9.17) is 20.8 Å². The number of aryl methyl sites for hydroxylation is 1. The number of hydrazone groups is 1. The Morgan fingerprint density at radius 3 is 2.54 bits per heavy atom. The number of amides is 3. The number of methoxy groups -OCH3 is 1. The zero-order valence-electron chi connectivity index (χ0n) is 19.1. The molecule has 10 heteroatoms. The molecule has 0 aliphatic heterocycles. The average molecular weight is 495 g/mol. The first kappa shape index (κ1) is 24.0. The van der Waals surface area contributed by atoms with Crippen molar-refractivity contribution in [1.82, 2.24) is 16.3 Å². The van der Waals surface area contributed by atoms with Gasteiger partial charge in [-0.25, -0.2) is 5.43 Å². The predicted molar refractivity (Wildman–Crippen MR) is 130 cm³/mol. The van der Waals surface area contributed by atoms with Crippen molar-refractivity contribution < 1.29 is 23.5 Å². The van der Waals surface area contributed by atoms with Crippen LogP contribution in [0.5, 0.6) is 5.75 Å². The zero-order chi connectivity index (χ0) is 24.9. The molecule has 0 radical (unpaired) electrons. The van der Waals surface area contributed by atoms with Gasteiger partial charge in [0.1, 0.15) is 11.5 Å². The van der Waals surface area contributed by atoms with Crippen LogP contribution in [0.4, 0.5) is 0 Å². The Balaban J connectivity index is 1.48. The van der Waals surface area contributed by atoms with Crippen molar-refractivity contribution in [2.24, 2.45) is 5.10 Å². The van der Waals surface area contributed by atoms with E-state index in [1.807, 2.05) is 0 Å². The van der Waals surface area contributed by atoms with Crippen LogP contribution in [0.15, 0.2) is 58.0 Å². The molecule has 4 rings (SSSR count). The smallest absolute Gasteiger partial charge is 0.305 e. The Kier molecular flexibility index (Phi) is 7.17. The van der Waals surface area contributed by atoms with Crippen molar-refractivity contribution in [2.45, 2.75) is 26.2 Å². The number of furan rings is 1. The highest BCUT2D eigenvalue weighted by atomic mass is 35.5. The topological polar surface area (TPSA) is 122 Å². The Morgan fingerprint density at radius 1 is 1.00 bits per heavy atom. The minimum atomic E-state index is -0.614. The molecule has 1 aliphatic rings. The molecular formula is C25H23ClN4O5. The Labute approximate surface area is 206 Å². The second kappa shape index (κ2) is 10.4. The van der Waals surface area contributed by atoms with Crippen molar-refractivity contribution in [3.63, 3.8) is 0 Å². The van der Waals surface area contributed by atoms with E-state index in [1.165, 1.54) is 7.11 Å². The normalized spacial score (nSPS) is 13.6. The maximum absolute atomic E-state index is 12.7. The van der Waals surface area contributed by atoms with Crippen LogP contribution in [0, 0.1) is 6.92 Å². The highest BCUT2D eigenvalue weighted by molar-refractivity contribution is 6.33. The molecule has 0 saturated heterocycles. The van der Waals surface area contributed by atoms with E-state index >= 15 is 0 Å². The molecule has 1 heterocycles. The molecule has 35 heavy (non-hydrogen) atoms. The van der Waals surface area contributed by atoms with Crippen molar-refractivity contribution in [1.29, 1.82) is 0 Å². The number of hydrogen-bond donors (Lipinski definition) is 3. The summed E-state index contributed by atoms with van der Waals surface area (Å²) >= 11 is 6.03. The number of rotatable bonds is 5. The van der Waals surface area contributed by atoms with Gasteiger partial charge in [-0.1, -0.05) is 29.8 Å². The molecule has 9 nitrogen and oxygen atoms in total. The molecule has 0 bridgehead atoms. The number of halogens is 1. The molecule has 1 aromatic heterocycles. The first-order valence-electron chi connectivity index (χ1n) is 10.9. The van der Waals surface area contributed by atoms with E-state index in [0.29, 0.717) is 46.8 Å². The fourth-order valence-corrected chi connectivity index (χ4v) is 4.05. The number of hydrazine groups is 1. The summed E-state index contributed by atoms with van der Waals surface area (Å²) < 4.78 is 11.0. The average Bonchev–Trinajstić information content (AvgIpc) is 3.23. The summed E-state index contributed by atoms with van der Waals surface area (Å²) in [4.78, 5) is 37.6. The van der Waals surface area contributed by atoms with Gasteiger partial charge in [0.05, 0.1) is 23.4 Å². The summed E-state index contributed by atoms with van der Waals surface area (Å²) in [6.07, 6.45) is 1.98. The molecule has 2 aromatic carbocycles. The Hall–Kier alpha value is -4.11. The van der Waals surface area contributed by atoms with Crippen molar-refractivity contribution in [3.05, 3.63) is 87.3 Å². The number of carbonyl (C=O) groups excluding carboxylic acids is 3. The monoisotopic (exact) mass is 494 g/mol. The summed E-state index contributed by atoms with van der Waals surface area (Å²) in [6.45, 7) is 1.73. The van der Waals surface area contributed by atoms with Crippen LogP contribution in [0.1, 0.15) is 61.0 Å². The fourth-order valence-electron chi connectivity index (χ4n) is 3.83. The van der Waals surface area contributed by atoms with Crippen LogP contribution in [-0.2, 0) is 6.42 Å². The molecule has 3 aromatic rings. The van der Waals surface area contributed by atoms with Crippen molar-refractivity contribution in [3.8, 4) is 5.75 Å². The number of fused-ring (bicyclic) bond motifs is 1. The van der Waals surface area contributed by atoms with E-state index in [-0.39, 0.29) is 22.3 Å². The number of benzene rings is 2. The molecule has 0 fully saturated rings. The molecule has 0 saturated carbocycles. The number of hydrogen-bond acceptors (Lipinski definition) is 6. The van der Waals surface area contributed by atoms with E-state index in [1.54, 1.807) is 55.5 Å². The summed E-state index contributed by atoms with van der Waals surface area (Å²) in [5.74, 6) is -0.329. The molecule has 3 amide bonds. The third-order valence-corrected chi connectivity index (χ3v) is 5.89. The first-order chi connectivity index (χ1) is 16.9. The fraction of sp³-hybridized carbons (Fsp3) is 0.200. The van der Waals surface area contributed by atoms with Gasteiger partial charge in [-0.15, -0.1) is 0 Å². The summed E-state index contributed by atoms with van der Waals surface area (Å²) in [6, 6.07) is 13.2. The zero-order valence-corrected chi connectivity index (χ0v) is 19.9. The minimum Gasteiger partial charge on any atom is -0.497 e. The second-order valence-electron chi connectivity index (χ2n) is 7.83. The molecule has 3 N–H and O–H groups in total. The van der Waals surface area contributed by atoms with Crippen molar-refractivity contribution >= 4 is 35.0 Å². The quantitative estimate of drug-likeness (QED) is 0.466. The van der Waals surface area contributed by atoms with Gasteiger partial charge in [0.25, 0.3) is 11.8 Å². The van der Waals surface area contributed by atoms with Gasteiger partial charge in [0, 0.05) is 23.1 Å². The Bertz CT molecular complexity index is 1330. The maximum atomic E-state index is 12.7. The number of nitrogens with zero attached hydrogens (tertiary/aromatic N) is 1. The van der Waals surface area contributed by atoms with Gasteiger partial charge in [0.2, 0.25) is 0 Å². The SMILES string of the molecule is COc1cccc(C(=O)N/N=C2\CCCc3oc(C(=O)NNC(=O)c4ccccc4Cl)c(C)c32)c1. The second-order valence-corrected chi connectivity index (χ2v) is 8.23. The standard InChI is InChI=1S/C25H23ClN4O5/c1-14-21-19(27-28-23(31)15-7-5-8-16(13-15)34-2)11-6-12-20(21)35-22(14)25(33)30-29-24(32)17-9-3-4-10-18(17)26/h3-5,7-10,13H,6,11-12H2,1-2H3,(H,28,31)(H,29,32)(H,30,33)/b27-19+. The van der Waals surface area contributed by atoms with Gasteiger partial charge < -0.3 is 9.15 Å². The predicted octanol–water partition coefficient (Wildman–Crippen LogP) is 3.80. The molecule has 0 unspecified atom stereocenters. The summed E-state index contributed by atoms with van der Waals surface area (Å²) in [7, 11) is 1.53. The van der Waals surface area contributed by atoms with Crippen LogP contribution in [0.2, 0.25) is 5.02 Å². The van der Waals surface area contributed by atoms with Crippen molar-refractivity contribution in [2.75, 3.05) is 7.11 Å². The summed E-state index contributed by atoms with van der Waals surface area (Å²) in [5.41, 5.74) is 9.78. The van der Waals surface area contributed by atoms with Crippen LogP contribution in [0.3, 0.4) is 0 Å². The van der Waals surface area contributed by atoms with Crippen LogP contribution in [0.25, 0.3) is 0 Å². The van der Waals surface area contributed by atoms with Gasteiger partial charge >= 0.3 is 5.91 Å². The lowest BCUT2D eigenvalue weighted by molar-refractivity contribution is 0.0829. The number of carbonyl (C=O) groups is 3. The van der Waals surface area contributed by atoms with Gasteiger partial charge in [-0.05, 0) is 50.1 Å². The van der Waals surface area contributed by atoms with Gasteiger partial charge in [0.15, 0.2) is 5.76 Å². The van der Waals surface area contributed by atoms with Gasteiger partial charge in [-0.2, -0.15) is 5.10 Å². The minimum absolute atomic E-state index is 0.0585. The van der Waals surface area contributed by atoms with E-state index < -0.39 is 11.8 Å². The highest BCUT2D eigenvalue weighted by Gasteiger charge is 2.28. The number of nitrogens with one attached hydrogen (secondary N) is 3. The molecule has 0 atom stereocenters. The lowest BCUT2D eigenvalue weighted by Gasteiger charge is -2.13. The van der Waals surface area contributed by atoms with Gasteiger partial charge in [-0.3, -0.25) is 25.2 Å². The van der Waals surface area contributed by atoms with E-state index in [9.17, 15) is 14.4 Å². The molecule has 180 valence electrons. The third-order valence-electron chi connectivity index (χ3n) is 5.56. The highest BCUT2D eigenvalue weighted by Crippen LogP contribution is 2.30. The lowest BCUT2D eigenvalue weighted by atomic mass is 9.93. The largest absolute Gasteiger partial charge is 0.497 e. The van der Waals surface area contributed by atoms with E-state index in [2.05, 4.69) is 21.4 Å². The first-order valence-corrected chi connectivity index (χ1v) is 11.3. The molecule has 1 aliphatic carbocycles. The van der Waals surface area contributed by atoms with Crippen LogP contribution in [-0.4, -0.2) is 30.5 Å². The lowest BCUT2D eigenvalue weighted by Crippen LogP contribution is -2.41. The summed E-state index contributed by atoms with van der Waals surface area (Å²) in [5, 5.41) is 4.58. The maximum Gasteiger partial charge on any atom is 0.305 e. The molecular weight excluding hydrogens is 472 g/mol. The van der Waals surface area contributed by atoms with Crippen LogP contribution < -0.4 is 21.0 Å². The third kappa shape index (κ3) is 5.20. The van der Waals surface area contributed by atoms with E-state index in [0.717, 1.165) is 6.42 Å². The van der Waals surface area contributed by atoms with Crippen LogP contribution >= 0.6 is 11.6 Å². The Morgan fingerprint density at radius 2 is 1.77 bits per heavy atom. The number of ether oxygens (including phenoxy) is 1. The molecule has 0 spiro atoms.